The first-order valence-corrected chi connectivity index (χ1v) is 5.68. The van der Waals surface area contributed by atoms with Crippen LogP contribution in [0.2, 0.25) is 5.02 Å². The van der Waals surface area contributed by atoms with E-state index in [1.807, 2.05) is 0 Å². The second-order valence-electron chi connectivity index (χ2n) is 3.66. The van der Waals surface area contributed by atoms with Crippen LogP contribution in [0.5, 0.6) is 5.75 Å². The topological polar surface area (TPSA) is 82.2 Å². The molecule has 0 saturated heterocycles. The van der Waals surface area contributed by atoms with Crippen molar-refractivity contribution in [3.05, 3.63) is 53.1 Å². The Hall–Kier alpha value is -2.40. The Morgan fingerprint density at radius 1 is 1.05 bits per heavy atom. The predicted molar refractivity (Wildman–Crippen MR) is 70.7 cm³/mol. The smallest absolute Gasteiger partial charge is 0.337 e. The molecule has 2 N–H and O–H groups in total. The maximum atomic E-state index is 11.0. The fraction of sp³-hybridized carbons (Fsp3) is 0. The molecule has 2 rings (SSSR count). The summed E-state index contributed by atoms with van der Waals surface area (Å²) in [5, 5.41) is 26.6. The number of halogens is 1. The molecule has 0 aliphatic carbocycles. The Kier molecular flexibility index (Phi) is 3.77. The van der Waals surface area contributed by atoms with Crippen LogP contribution in [0.1, 0.15) is 10.4 Å². The first-order chi connectivity index (χ1) is 9.08. The summed E-state index contributed by atoms with van der Waals surface area (Å²) in [7, 11) is 0. The van der Waals surface area contributed by atoms with Crippen LogP contribution < -0.4 is 0 Å². The molecule has 0 unspecified atom stereocenters. The quantitative estimate of drug-likeness (QED) is 0.826. The van der Waals surface area contributed by atoms with Crippen LogP contribution >= 0.6 is 11.6 Å². The number of hydrogen-bond donors (Lipinski definition) is 2. The number of rotatable bonds is 3. The second kappa shape index (κ2) is 5.49. The van der Waals surface area contributed by atoms with Crippen molar-refractivity contribution in [3.63, 3.8) is 0 Å². The van der Waals surface area contributed by atoms with Crippen molar-refractivity contribution in [1.82, 2.24) is 0 Å². The van der Waals surface area contributed by atoms with E-state index >= 15 is 0 Å². The molecule has 0 aliphatic rings. The lowest BCUT2D eigenvalue weighted by molar-refractivity contribution is 0.0698. The minimum atomic E-state index is -1.09. The fourth-order valence-corrected chi connectivity index (χ4v) is 1.59. The van der Waals surface area contributed by atoms with Gasteiger partial charge in [0.1, 0.15) is 17.1 Å². The molecular formula is C13H9ClN2O3. The Labute approximate surface area is 113 Å². The number of phenolic OH excluding ortho intramolecular Hbond substituents is 1. The first-order valence-electron chi connectivity index (χ1n) is 5.30. The second-order valence-corrected chi connectivity index (χ2v) is 4.09. The van der Waals surface area contributed by atoms with Gasteiger partial charge in [-0.3, -0.25) is 0 Å². The summed E-state index contributed by atoms with van der Waals surface area (Å²) in [5.74, 6) is -1.18. The number of carboxylic acid groups (broad SMARTS) is 1. The van der Waals surface area contributed by atoms with Gasteiger partial charge in [0.25, 0.3) is 0 Å². The van der Waals surface area contributed by atoms with Crippen molar-refractivity contribution in [2.75, 3.05) is 0 Å². The molecule has 6 heteroatoms. The van der Waals surface area contributed by atoms with E-state index in [0.717, 1.165) is 0 Å². The third-order valence-corrected chi connectivity index (χ3v) is 2.57. The zero-order chi connectivity index (χ0) is 13.8. The molecule has 0 radical (unpaired) electrons. The Balaban J connectivity index is 2.38. The van der Waals surface area contributed by atoms with E-state index in [1.54, 1.807) is 12.1 Å². The number of nitrogens with zero attached hydrogens (tertiary/aromatic N) is 2. The molecule has 0 atom stereocenters. The van der Waals surface area contributed by atoms with Crippen LogP contribution in [0.4, 0.5) is 11.4 Å². The maximum absolute atomic E-state index is 11.0. The predicted octanol–water partition coefficient (Wildman–Crippen LogP) is 4.16. The van der Waals surface area contributed by atoms with Gasteiger partial charge in [0.2, 0.25) is 0 Å². The minimum Gasteiger partial charge on any atom is -0.506 e. The first kappa shape index (κ1) is 13.0. The number of azo groups is 1. The fourth-order valence-electron chi connectivity index (χ4n) is 1.43. The Morgan fingerprint density at radius 2 is 1.74 bits per heavy atom. The maximum Gasteiger partial charge on any atom is 0.337 e. The van der Waals surface area contributed by atoms with Gasteiger partial charge < -0.3 is 10.2 Å². The monoisotopic (exact) mass is 276 g/mol. The van der Waals surface area contributed by atoms with Crippen molar-refractivity contribution in [2.45, 2.75) is 0 Å². The van der Waals surface area contributed by atoms with Crippen LogP contribution in [0.25, 0.3) is 0 Å². The van der Waals surface area contributed by atoms with E-state index in [9.17, 15) is 9.90 Å². The lowest BCUT2D eigenvalue weighted by atomic mass is 10.2. The molecule has 0 aromatic heterocycles. The largest absolute Gasteiger partial charge is 0.506 e. The summed E-state index contributed by atoms with van der Waals surface area (Å²) in [4.78, 5) is 11.0. The molecule has 2 aromatic rings. The van der Waals surface area contributed by atoms with Crippen LogP contribution in [0, 0.1) is 0 Å². The molecule has 0 heterocycles. The van der Waals surface area contributed by atoms with E-state index in [2.05, 4.69) is 10.2 Å². The van der Waals surface area contributed by atoms with E-state index in [1.165, 1.54) is 30.3 Å². The number of phenols is 1. The van der Waals surface area contributed by atoms with Gasteiger partial charge in [-0.05, 0) is 30.3 Å². The highest BCUT2D eigenvalue weighted by atomic mass is 35.5. The van der Waals surface area contributed by atoms with Gasteiger partial charge in [-0.15, -0.1) is 10.2 Å². The third kappa shape index (κ3) is 3.08. The molecule has 0 fully saturated rings. The van der Waals surface area contributed by atoms with E-state index in [0.29, 0.717) is 5.02 Å². The van der Waals surface area contributed by atoms with Gasteiger partial charge in [-0.2, -0.15) is 0 Å². The summed E-state index contributed by atoms with van der Waals surface area (Å²) in [5.41, 5.74) is 0.412. The van der Waals surface area contributed by atoms with E-state index in [-0.39, 0.29) is 22.7 Å². The van der Waals surface area contributed by atoms with Gasteiger partial charge in [0, 0.05) is 5.02 Å². The number of aromatic hydroxyl groups is 1. The molecule has 0 saturated carbocycles. The van der Waals surface area contributed by atoms with Crippen molar-refractivity contribution < 1.29 is 15.0 Å². The van der Waals surface area contributed by atoms with E-state index in [4.69, 9.17) is 16.7 Å². The third-order valence-electron chi connectivity index (χ3n) is 2.34. The van der Waals surface area contributed by atoms with Crippen molar-refractivity contribution in [3.8, 4) is 5.75 Å². The van der Waals surface area contributed by atoms with Crippen LogP contribution in [-0.4, -0.2) is 16.2 Å². The normalized spacial score (nSPS) is 10.8. The van der Waals surface area contributed by atoms with Gasteiger partial charge in [0.15, 0.2) is 0 Å². The Morgan fingerprint density at radius 3 is 2.47 bits per heavy atom. The van der Waals surface area contributed by atoms with Gasteiger partial charge in [-0.1, -0.05) is 23.7 Å². The van der Waals surface area contributed by atoms with Crippen molar-refractivity contribution >= 4 is 28.9 Å². The number of hydrogen-bond acceptors (Lipinski definition) is 4. The van der Waals surface area contributed by atoms with Crippen molar-refractivity contribution in [1.29, 1.82) is 0 Å². The molecule has 0 amide bonds. The molecule has 0 bridgehead atoms. The average molecular weight is 277 g/mol. The molecule has 96 valence electrons. The minimum absolute atomic E-state index is 0.0350. The summed E-state index contributed by atoms with van der Waals surface area (Å²) >= 11 is 5.77. The molecule has 5 nitrogen and oxygen atoms in total. The number of aromatic carboxylic acids is 1. The van der Waals surface area contributed by atoms with Crippen LogP contribution in [-0.2, 0) is 0 Å². The van der Waals surface area contributed by atoms with Gasteiger partial charge in [0.05, 0.1) is 5.56 Å². The summed E-state index contributed by atoms with van der Waals surface area (Å²) < 4.78 is 0. The molecular weight excluding hydrogens is 268 g/mol. The summed E-state index contributed by atoms with van der Waals surface area (Å²) in [6, 6.07) is 10.5. The zero-order valence-corrected chi connectivity index (χ0v) is 10.4. The van der Waals surface area contributed by atoms with E-state index < -0.39 is 5.97 Å². The summed E-state index contributed by atoms with van der Waals surface area (Å²) in [6.07, 6.45) is 0. The molecule has 19 heavy (non-hydrogen) atoms. The average Bonchev–Trinajstić information content (AvgIpc) is 2.40. The highest BCUT2D eigenvalue weighted by molar-refractivity contribution is 6.30. The zero-order valence-electron chi connectivity index (χ0n) is 9.62. The Bertz CT molecular complexity index is 656. The lowest BCUT2D eigenvalue weighted by Crippen LogP contribution is -1.95. The number of carbonyl (C=O) groups is 1. The van der Waals surface area contributed by atoms with Crippen LogP contribution in [0.15, 0.2) is 52.7 Å². The van der Waals surface area contributed by atoms with Crippen molar-refractivity contribution in [2.24, 2.45) is 10.2 Å². The highest BCUT2D eigenvalue weighted by Gasteiger charge is 2.08. The lowest BCUT2D eigenvalue weighted by Gasteiger charge is -2.00. The highest BCUT2D eigenvalue weighted by Crippen LogP contribution is 2.31. The summed E-state index contributed by atoms with van der Waals surface area (Å²) in [6.45, 7) is 0. The molecule has 0 spiro atoms. The standard InChI is InChI=1S/C13H9ClN2O3/c14-8-5-6-12(17)11(7-8)16-15-10-4-2-1-3-9(10)13(18)19/h1-7,17H,(H,18,19). The number of carboxylic acids is 1. The van der Waals surface area contributed by atoms with Gasteiger partial charge >= 0.3 is 5.97 Å². The SMILES string of the molecule is O=C(O)c1ccccc1N=Nc1cc(Cl)ccc1O. The number of benzene rings is 2. The van der Waals surface area contributed by atoms with Gasteiger partial charge in [-0.25, -0.2) is 4.79 Å². The molecule has 0 aliphatic heterocycles. The molecule has 2 aromatic carbocycles. The van der Waals surface area contributed by atoms with Crippen LogP contribution in [0.3, 0.4) is 0 Å².